The fourth-order valence-corrected chi connectivity index (χ4v) is 5.81. The Hall–Kier alpha value is -4.25. The second-order valence-corrected chi connectivity index (χ2v) is 10.0. The van der Waals surface area contributed by atoms with Crippen LogP contribution in [0.25, 0.3) is 0 Å². The minimum absolute atomic E-state index is 0.0933. The van der Waals surface area contributed by atoms with Gasteiger partial charge in [0, 0.05) is 53.3 Å². The normalized spacial score (nSPS) is 17.6. The summed E-state index contributed by atoms with van der Waals surface area (Å²) in [7, 11) is 0. The van der Waals surface area contributed by atoms with Crippen molar-refractivity contribution in [1.82, 2.24) is 0 Å². The number of anilines is 2. The number of ether oxygens (including phenoxy) is 2. The smallest absolute Gasteiger partial charge is 0.340 e. The molecule has 4 aromatic rings. The first-order valence-electron chi connectivity index (χ1n) is 13.3. The van der Waals surface area contributed by atoms with Crippen LogP contribution in [0.15, 0.2) is 84.9 Å². The molecule has 0 saturated heterocycles. The molecule has 0 aromatic heterocycles. The van der Waals surface area contributed by atoms with Crippen LogP contribution >= 0.6 is 0 Å². The zero-order valence-electron chi connectivity index (χ0n) is 22.2. The second kappa shape index (κ2) is 9.25. The number of hydrogen-bond acceptors (Lipinski definition) is 5. The standard InChI is InChI=1S/C33H32N2O3/c1-5-35(6-2)24-16-17-27-31(19-24)37-30-18-21(3)29(34-22(4)23-12-8-7-9-13-23)20-28(30)33(27)26-15-11-10-14-25(26)32(36)38-33/h7-20,22,34H,5-6H2,1-4H3. The van der Waals surface area contributed by atoms with Gasteiger partial charge in [-0.2, -0.15) is 0 Å². The number of fused-ring (bicyclic) bond motifs is 6. The molecule has 0 radical (unpaired) electrons. The zero-order valence-corrected chi connectivity index (χ0v) is 22.2. The fourth-order valence-electron chi connectivity index (χ4n) is 5.81. The quantitative estimate of drug-likeness (QED) is 0.274. The van der Waals surface area contributed by atoms with Crippen LogP contribution in [-0.4, -0.2) is 19.1 Å². The van der Waals surface area contributed by atoms with Crippen LogP contribution in [-0.2, 0) is 10.3 Å². The Morgan fingerprint density at radius 3 is 2.32 bits per heavy atom. The average molecular weight is 505 g/mol. The van der Waals surface area contributed by atoms with Crippen LogP contribution in [0, 0.1) is 6.92 Å². The Morgan fingerprint density at radius 1 is 0.842 bits per heavy atom. The second-order valence-electron chi connectivity index (χ2n) is 10.0. The number of benzene rings is 4. The van der Waals surface area contributed by atoms with Crippen molar-refractivity contribution in [2.45, 2.75) is 39.3 Å². The molecule has 0 saturated carbocycles. The van der Waals surface area contributed by atoms with Crippen molar-refractivity contribution >= 4 is 17.3 Å². The van der Waals surface area contributed by atoms with Gasteiger partial charge in [0.25, 0.3) is 0 Å². The molecule has 0 fully saturated rings. The lowest BCUT2D eigenvalue weighted by Crippen LogP contribution is -2.33. The van der Waals surface area contributed by atoms with E-state index in [0.29, 0.717) is 17.1 Å². The third kappa shape index (κ3) is 3.65. The molecule has 192 valence electrons. The van der Waals surface area contributed by atoms with E-state index in [2.05, 4.69) is 80.4 Å². The Labute approximate surface area is 224 Å². The number of hydrogen-bond donors (Lipinski definition) is 1. The summed E-state index contributed by atoms with van der Waals surface area (Å²) in [4.78, 5) is 15.5. The molecule has 0 amide bonds. The predicted octanol–water partition coefficient (Wildman–Crippen LogP) is 7.58. The van der Waals surface area contributed by atoms with Crippen molar-refractivity contribution in [2.24, 2.45) is 0 Å². The van der Waals surface area contributed by atoms with Gasteiger partial charge in [0.15, 0.2) is 5.60 Å². The Balaban J connectivity index is 1.54. The van der Waals surface area contributed by atoms with Gasteiger partial charge in [-0.15, -0.1) is 0 Å². The van der Waals surface area contributed by atoms with Crippen molar-refractivity contribution in [3.8, 4) is 11.5 Å². The number of nitrogens with one attached hydrogen (secondary N) is 1. The highest BCUT2D eigenvalue weighted by molar-refractivity contribution is 5.97. The summed E-state index contributed by atoms with van der Waals surface area (Å²) in [5.41, 5.74) is 6.33. The van der Waals surface area contributed by atoms with E-state index in [1.807, 2.05) is 42.5 Å². The van der Waals surface area contributed by atoms with Gasteiger partial charge in [-0.05, 0) is 69.2 Å². The summed E-state index contributed by atoms with van der Waals surface area (Å²) in [5, 5.41) is 3.68. The molecule has 1 N–H and O–H groups in total. The number of carbonyl (C=O) groups excluding carboxylic acids is 1. The number of aryl methyl sites for hydroxylation is 1. The molecule has 4 aromatic carbocycles. The summed E-state index contributed by atoms with van der Waals surface area (Å²) in [5.74, 6) is 1.10. The highest BCUT2D eigenvalue weighted by Crippen LogP contribution is 2.57. The topological polar surface area (TPSA) is 50.8 Å². The molecule has 2 aliphatic heterocycles. The SMILES string of the molecule is CCN(CC)c1ccc2c(c1)Oc1cc(C)c(NC(C)c3ccccc3)cc1C21OC(=O)c2ccccc21. The molecular formula is C33H32N2O3. The van der Waals surface area contributed by atoms with Crippen molar-refractivity contribution < 1.29 is 14.3 Å². The molecule has 2 unspecified atom stereocenters. The van der Waals surface area contributed by atoms with Crippen molar-refractivity contribution in [3.05, 3.63) is 118 Å². The van der Waals surface area contributed by atoms with Gasteiger partial charge < -0.3 is 19.7 Å². The van der Waals surface area contributed by atoms with E-state index in [0.717, 1.165) is 46.7 Å². The van der Waals surface area contributed by atoms with Gasteiger partial charge in [0.1, 0.15) is 11.5 Å². The predicted molar refractivity (Wildman–Crippen MR) is 151 cm³/mol. The van der Waals surface area contributed by atoms with Crippen LogP contribution in [0.3, 0.4) is 0 Å². The number of rotatable bonds is 6. The average Bonchev–Trinajstić information content (AvgIpc) is 3.23. The molecule has 2 aliphatic rings. The molecule has 1 spiro atoms. The monoisotopic (exact) mass is 504 g/mol. The maximum atomic E-state index is 13.3. The van der Waals surface area contributed by atoms with Gasteiger partial charge in [-0.25, -0.2) is 4.79 Å². The molecule has 0 bridgehead atoms. The van der Waals surface area contributed by atoms with Crippen molar-refractivity contribution in [2.75, 3.05) is 23.3 Å². The van der Waals surface area contributed by atoms with E-state index in [9.17, 15) is 4.79 Å². The lowest BCUT2D eigenvalue weighted by molar-refractivity contribution is 0.0224. The van der Waals surface area contributed by atoms with Gasteiger partial charge in [-0.3, -0.25) is 0 Å². The van der Waals surface area contributed by atoms with E-state index in [1.54, 1.807) is 0 Å². The van der Waals surface area contributed by atoms with Gasteiger partial charge >= 0.3 is 5.97 Å². The summed E-state index contributed by atoms with van der Waals surface area (Å²) in [6, 6.07) is 28.5. The number of esters is 1. The van der Waals surface area contributed by atoms with Crippen LogP contribution in [0.4, 0.5) is 11.4 Å². The summed E-state index contributed by atoms with van der Waals surface area (Å²) >= 11 is 0. The largest absolute Gasteiger partial charge is 0.456 e. The van der Waals surface area contributed by atoms with Gasteiger partial charge in [-0.1, -0.05) is 48.5 Å². The molecule has 6 rings (SSSR count). The van der Waals surface area contributed by atoms with E-state index in [1.165, 1.54) is 5.56 Å². The third-order valence-corrected chi connectivity index (χ3v) is 7.84. The molecule has 0 aliphatic carbocycles. The first-order chi connectivity index (χ1) is 18.5. The fraction of sp³-hybridized carbons (Fsp3) is 0.242. The van der Waals surface area contributed by atoms with Crippen LogP contribution in [0.2, 0.25) is 0 Å². The molecule has 2 heterocycles. The summed E-state index contributed by atoms with van der Waals surface area (Å²) < 4.78 is 13.0. The first-order valence-corrected chi connectivity index (χ1v) is 13.3. The lowest BCUT2D eigenvalue weighted by Gasteiger charge is -2.38. The van der Waals surface area contributed by atoms with Crippen molar-refractivity contribution in [3.63, 3.8) is 0 Å². The summed E-state index contributed by atoms with van der Waals surface area (Å²) in [6.45, 7) is 10.3. The molecular weight excluding hydrogens is 472 g/mol. The molecule has 2 atom stereocenters. The van der Waals surface area contributed by atoms with Gasteiger partial charge in [0.2, 0.25) is 0 Å². The highest BCUT2D eigenvalue weighted by atomic mass is 16.6. The Bertz CT molecular complexity index is 1530. The van der Waals surface area contributed by atoms with Crippen molar-refractivity contribution in [1.29, 1.82) is 0 Å². The molecule has 5 nitrogen and oxygen atoms in total. The maximum absolute atomic E-state index is 13.3. The minimum Gasteiger partial charge on any atom is -0.456 e. The Morgan fingerprint density at radius 2 is 1.55 bits per heavy atom. The van der Waals surface area contributed by atoms with Crippen LogP contribution < -0.4 is 15.0 Å². The van der Waals surface area contributed by atoms with Gasteiger partial charge in [0.05, 0.1) is 5.56 Å². The lowest BCUT2D eigenvalue weighted by atomic mass is 9.77. The molecule has 5 heteroatoms. The van der Waals surface area contributed by atoms with E-state index >= 15 is 0 Å². The Kier molecular flexibility index (Phi) is 5.87. The van der Waals surface area contributed by atoms with Crippen LogP contribution in [0.5, 0.6) is 11.5 Å². The highest BCUT2D eigenvalue weighted by Gasteiger charge is 2.53. The molecule has 38 heavy (non-hydrogen) atoms. The van der Waals surface area contributed by atoms with E-state index < -0.39 is 5.60 Å². The zero-order chi connectivity index (χ0) is 26.4. The minimum atomic E-state index is -1.08. The number of carbonyl (C=O) groups is 1. The summed E-state index contributed by atoms with van der Waals surface area (Å²) in [6.07, 6.45) is 0. The van der Waals surface area contributed by atoms with E-state index in [-0.39, 0.29) is 12.0 Å². The third-order valence-electron chi connectivity index (χ3n) is 7.84. The maximum Gasteiger partial charge on any atom is 0.340 e. The first kappa shape index (κ1) is 24.1. The van der Waals surface area contributed by atoms with E-state index in [4.69, 9.17) is 9.47 Å². The van der Waals surface area contributed by atoms with Crippen LogP contribution in [0.1, 0.15) is 65.0 Å². The number of nitrogens with zero attached hydrogens (tertiary/aromatic N) is 1.